The largest absolute Gasteiger partial charge is 0.493 e. The standard InChI is InChI=1S/C23H21N3O4S2/c1-13(20(27)24-15-9-10-17(29-2)18(11-15)30-3)32-23-25-21(28)19-16(12-31-22(19)26-23)14-7-5-4-6-8-14/h4-13H,1-3H3,(H,24,27)(H,25,26,28). The molecule has 9 heteroatoms. The molecule has 4 aromatic rings. The maximum Gasteiger partial charge on any atom is 0.260 e. The van der Waals surface area contributed by atoms with E-state index >= 15 is 0 Å². The number of aromatic nitrogens is 2. The van der Waals surface area contributed by atoms with Crippen LogP contribution in [0.1, 0.15) is 6.92 Å². The Morgan fingerprint density at radius 2 is 1.88 bits per heavy atom. The highest BCUT2D eigenvalue weighted by Crippen LogP contribution is 2.33. The second kappa shape index (κ2) is 9.46. The van der Waals surface area contributed by atoms with Crippen molar-refractivity contribution in [1.82, 2.24) is 9.97 Å². The van der Waals surface area contributed by atoms with E-state index in [9.17, 15) is 9.59 Å². The third-order valence-electron chi connectivity index (χ3n) is 4.82. The van der Waals surface area contributed by atoms with Gasteiger partial charge >= 0.3 is 0 Å². The number of H-pyrrole nitrogens is 1. The molecular formula is C23H21N3O4S2. The fourth-order valence-corrected chi connectivity index (χ4v) is 5.00. The van der Waals surface area contributed by atoms with E-state index in [1.165, 1.54) is 30.2 Å². The minimum absolute atomic E-state index is 0.217. The summed E-state index contributed by atoms with van der Waals surface area (Å²) < 4.78 is 10.5. The monoisotopic (exact) mass is 467 g/mol. The van der Waals surface area contributed by atoms with E-state index < -0.39 is 5.25 Å². The fraction of sp³-hybridized carbons (Fsp3) is 0.174. The summed E-state index contributed by atoms with van der Waals surface area (Å²) in [6, 6.07) is 14.9. The molecular weight excluding hydrogens is 446 g/mol. The fourth-order valence-electron chi connectivity index (χ4n) is 3.19. The van der Waals surface area contributed by atoms with Crippen LogP contribution in [0.15, 0.2) is 63.9 Å². The number of fused-ring (bicyclic) bond motifs is 1. The molecule has 2 aromatic carbocycles. The highest BCUT2D eigenvalue weighted by molar-refractivity contribution is 8.00. The third-order valence-corrected chi connectivity index (χ3v) is 6.67. The number of carbonyl (C=O) groups is 1. The van der Waals surface area contributed by atoms with Gasteiger partial charge in [-0.2, -0.15) is 0 Å². The first-order valence-corrected chi connectivity index (χ1v) is 11.5. The summed E-state index contributed by atoms with van der Waals surface area (Å²) in [5, 5.41) is 5.26. The molecule has 0 saturated carbocycles. The molecule has 0 aliphatic heterocycles. The number of methoxy groups -OCH3 is 2. The summed E-state index contributed by atoms with van der Waals surface area (Å²) >= 11 is 2.61. The number of thiophene rings is 1. The quantitative estimate of drug-likeness (QED) is 0.300. The van der Waals surface area contributed by atoms with Crippen molar-refractivity contribution in [2.24, 2.45) is 0 Å². The number of thioether (sulfide) groups is 1. The Kier molecular flexibility index (Phi) is 6.48. The number of ether oxygens (including phenoxy) is 2. The highest BCUT2D eigenvalue weighted by atomic mass is 32.2. The molecule has 0 spiro atoms. The maximum atomic E-state index is 12.8. The molecule has 2 heterocycles. The van der Waals surface area contributed by atoms with Gasteiger partial charge in [-0.3, -0.25) is 9.59 Å². The predicted octanol–water partition coefficient (Wildman–Crippen LogP) is 4.79. The van der Waals surface area contributed by atoms with E-state index in [4.69, 9.17) is 9.47 Å². The number of anilines is 1. The Morgan fingerprint density at radius 3 is 2.59 bits per heavy atom. The van der Waals surface area contributed by atoms with Crippen molar-refractivity contribution in [3.8, 4) is 22.6 Å². The number of hydrogen-bond acceptors (Lipinski definition) is 7. The average molecular weight is 468 g/mol. The molecule has 0 fully saturated rings. The second-order valence-corrected chi connectivity index (χ2v) is 9.07. The molecule has 0 saturated heterocycles. The first-order valence-electron chi connectivity index (χ1n) is 9.76. The minimum Gasteiger partial charge on any atom is -0.493 e. The number of amides is 1. The van der Waals surface area contributed by atoms with Crippen LogP contribution in [0.5, 0.6) is 11.5 Å². The Labute approximate surface area is 192 Å². The highest BCUT2D eigenvalue weighted by Gasteiger charge is 2.19. The molecule has 2 N–H and O–H groups in total. The summed E-state index contributed by atoms with van der Waals surface area (Å²) in [4.78, 5) is 33.5. The van der Waals surface area contributed by atoms with E-state index in [1.807, 2.05) is 35.7 Å². The number of aromatic amines is 1. The molecule has 4 rings (SSSR count). The SMILES string of the molecule is COc1ccc(NC(=O)C(C)Sc2nc3scc(-c4ccccc4)c3c(=O)[nH]2)cc1OC. The topological polar surface area (TPSA) is 93.3 Å². The Balaban J connectivity index is 1.52. The smallest absolute Gasteiger partial charge is 0.260 e. The van der Waals surface area contributed by atoms with Gasteiger partial charge in [0.1, 0.15) is 4.83 Å². The van der Waals surface area contributed by atoms with Gasteiger partial charge < -0.3 is 19.8 Å². The van der Waals surface area contributed by atoms with E-state index in [0.29, 0.717) is 32.6 Å². The molecule has 0 aliphatic carbocycles. The molecule has 7 nitrogen and oxygen atoms in total. The Hall–Kier alpha value is -3.30. The second-order valence-electron chi connectivity index (χ2n) is 6.89. The predicted molar refractivity (Wildman–Crippen MR) is 129 cm³/mol. The summed E-state index contributed by atoms with van der Waals surface area (Å²) in [5.74, 6) is 0.879. The van der Waals surface area contributed by atoms with Crippen LogP contribution in [0.4, 0.5) is 5.69 Å². The van der Waals surface area contributed by atoms with Crippen molar-refractivity contribution in [2.45, 2.75) is 17.3 Å². The van der Waals surface area contributed by atoms with Crippen LogP contribution in [0.3, 0.4) is 0 Å². The number of nitrogens with zero attached hydrogens (tertiary/aromatic N) is 1. The van der Waals surface area contributed by atoms with Crippen LogP contribution in [-0.2, 0) is 4.79 Å². The molecule has 1 amide bonds. The lowest BCUT2D eigenvalue weighted by atomic mass is 10.1. The summed E-state index contributed by atoms with van der Waals surface area (Å²) in [6.07, 6.45) is 0. The van der Waals surface area contributed by atoms with Crippen molar-refractivity contribution in [3.05, 3.63) is 64.3 Å². The van der Waals surface area contributed by atoms with Gasteiger partial charge in [-0.15, -0.1) is 11.3 Å². The van der Waals surface area contributed by atoms with Gasteiger partial charge in [-0.1, -0.05) is 42.1 Å². The van der Waals surface area contributed by atoms with Crippen LogP contribution in [0.25, 0.3) is 21.3 Å². The van der Waals surface area contributed by atoms with E-state index in [0.717, 1.165) is 11.1 Å². The van der Waals surface area contributed by atoms with Crippen molar-refractivity contribution in [3.63, 3.8) is 0 Å². The van der Waals surface area contributed by atoms with Crippen LogP contribution in [-0.4, -0.2) is 35.3 Å². The van der Waals surface area contributed by atoms with E-state index in [2.05, 4.69) is 15.3 Å². The van der Waals surface area contributed by atoms with E-state index in [-0.39, 0.29) is 11.5 Å². The van der Waals surface area contributed by atoms with Gasteiger partial charge in [0.05, 0.1) is 24.9 Å². The van der Waals surface area contributed by atoms with Crippen LogP contribution in [0, 0.1) is 0 Å². The Morgan fingerprint density at radius 1 is 1.12 bits per heavy atom. The zero-order chi connectivity index (χ0) is 22.7. The lowest BCUT2D eigenvalue weighted by molar-refractivity contribution is -0.115. The minimum atomic E-state index is -0.489. The summed E-state index contributed by atoms with van der Waals surface area (Å²) in [7, 11) is 3.09. The molecule has 0 bridgehead atoms. The maximum absolute atomic E-state index is 12.8. The van der Waals surface area contributed by atoms with Crippen LogP contribution in [0.2, 0.25) is 0 Å². The first-order chi connectivity index (χ1) is 15.5. The van der Waals surface area contributed by atoms with Crippen LogP contribution >= 0.6 is 23.1 Å². The number of rotatable bonds is 7. The van der Waals surface area contributed by atoms with Gasteiger partial charge in [-0.05, 0) is 24.6 Å². The Bertz CT molecular complexity index is 1320. The zero-order valence-electron chi connectivity index (χ0n) is 17.7. The van der Waals surface area contributed by atoms with Crippen molar-refractivity contribution >= 4 is 44.9 Å². The number of nitrogens with one attached hydrogen (secondary N) is 2. The lowest BCUT2D eigenvalue weighted by Crippen LogP contribution is -2.23. The van der Waals surface area contributed by atoms with Gasteiger partial charge in [0, 0.05) is 22.7 Å². The molecule has 164 valence electrons. The molecule has 0 aliphatic rings. The lowest BCUT2D eigenvalue weighted by Gasteiger charge is -2.13. The number of carbonyl (C=O) groups excluding carboxylic acids is 1. The number of benzene rings is 2. The van der Waals surface area contributed by atoms with Crippen molar-refractivity contribution in [1.29, 1.82) is 0 Å². The van der Waals surface area contributed by atoms with Crippen molar-refractivity contribution in [2.75, 3.05) is 19.5 Å². The van der Waals surface area contributed by atoms with Crippen LogP contribution < -0.4 is 20.3 Å². The summed E-state index contributed by atoms with van der Waals surface area (Å²) in [5.41, 5.74) is 2.19. The summed E-state index contributed by atoms with van der Waals surface area (Å²) in [6.45, 7) is 1.76. The van der Waals surface area contributed by atoms with Gasteiger partial charge in [-0.25, -0.2) is 4.98 Å². The van der Waals surface area contributed by atoms with E-state index in [1.54, 1.807) is 32.2 Å². The normalized spacial score (nSPS) is 11.8. The third kappa shape index (κ3) is 4.49. The molecule has 1 unspecified atom stereocenters. The first kappa shape index (κ1) is 21.9. The van der Waals surface area contributed by atoms with Gasteiger partial charge in [0.25, 0.3) is 5.56 Å². The molecule has 32 heavy (non-hydrogen) atoms. The van der Waals surface area contributed by atoms with Crippen molar-refractivity contribution < 1.29 is 14.3 Å². The molecule has 1 atom stereocenters. The molecule has 2 aromatic heterocycles. The van der Waals surface area contributed by atoms with Gasteiger partial charge in [0.15, 0.2) is 16.7 Å². The average Bonchev–Trinajstić information content (AvgIpc) is 3.24. The number of hydrogen-bond donors (Lipinski definition) is 2. The zero-order valence-corrected chi connectivity index (χ0v) is 19.3. The molecule has 0 radical (unpaired) electrons. The van der Waals surface area contributed by atoms with Gasteiger partial charge in [0.2, 0.25) is 5.91 Å².